The summed E-state index contributed by atoms with van der Waals surface area (Å²) in [4.78, 5) is 33.4. The molecule has 8 nitrogen and oxygen atoms in total. The molecule has 1 aromatic rings. The Morgan fingerprint density at radius 1 is 1.28 bits per heavy atom. The average molecular weight is 409 g/mol. The smallest absolute Gasteiger partial charge is 0.307 e. The minimum atomic E-state index is -0.268. The molecule has 0 spiro atoms. The van der Waals surface area contributed by atoms with Gasteiger partial charge in [-0.3, -0.25) is 14.5 Å². The van der Waals surface area contributed by atoms with E-state index in [-0.39, 0.29) is 30.1 Å². The molecule has 29 heavy (non-hydrogen) atoms. The molecule has 1 amide bonds. The van der Waals surface area contributed by atoms with Crippen LogP contribution in [-0.4, -0.2) is 70.6 Å². The summed E-state index contributed by atoms with van der Waals surface area (Å²) in [5, 5.41) is 4.02. The second-order valence-electron chi connectivity index (χ2n) is 8.58. The van der Waals surface area contributed by atoms with Gasteiger partial charge in [-0.2, -0.15) is 4.98 Å². The zero-order valence-electron chi connectivity index (χ0n) is 18.6. The van der Waals surface area contributed by atoms with Gasteiger partial charge in [0.2, 0.25) is 11.8 Å². The number of aryl methyl sites for hydroxylation is 1. The van der Waals surface area contributed by atoms with Crippen LogP contribution in [0.1, 0.15) is 72.0 Å². The number of hydrogen-bond acceptors (Lipinski definition) is 7. The number of ether oxygens (including phenoxy) is 1. The Kier molecular flexibility index (Phi) is 8.61. The van der Waals surface area contributed by atoms with Crippen molar-refractivity contribution in [3.8, 4) is 0 Å². The lowest BCUT2D eigenvalue weighted by Gasteiger charge is -2.30. The fourth-order valence-electron chi connectivity index (χ4n) is 3.58. The van der Waals surface area contributed by atoms with Crippen LogP contribution in [-0.2, 0) is 26.2 Å². The van der Waals surface area contributed by atoms with Gasteiger partial charge >= 0.3 is 5.97 Å². The summed E-state index contributed by atoms with van der Waals surface area (Å²) >= 11 is 0. The summed E-state index contributed by atoms with van der Waals surface area (Å²) in [6.45, 7) is 13.4. The number of esters is 1. The Hall–Kier alpha value is -1.96. The maximum Gasteiger partial charge on any atom is 0.307 e. The van der Waals surface area contributed by atoms with E-state index in [1.807, 2.05) is 20.8 Å². The number of rotatable bonds is 10. The van der Waals surface area contributed by atoms with Gasteiger partial charge in [0, 0.05) is 37.4 Å². The Morgan fingerprint density at radius 2 is 2.03 bits per heavy atom. The molecule has 164 valence electrons. The lowest BCUT2D eigenvalue weighted by Crippen LogP contribution is -2.44. The second kappa shape index (κ2) is 10.7. The number of nitrogens with zero attached hydrogens (tertiary/aromatic N) is 4. The van der Waals surface area contributed by atoms with E-state index in [1.165, 1.54) is 0 Å². The highest BCUT2D eigenvalue weighted by molar-refractivity contribution is 5.77. The Bertz CT molecular complexity index is 668. The largest absolute Gasteiger partial charge is 0.466 e. The van der Waals surface area contributed by atoms with Crippen LogP contribution in [0.3, 0.4) is 0 Å². The van der Waals surface area contributed by atoms with Crippen molar-refractivity contribution < 1.29 is 18.8 Å². The van der Waals surface area contributed by atoms with Gasteiger partial charge in [-0.05, 0) is 32.9 Å². The molecule has 1 aliphatic rings. The number of likely N-dealkylation sites (tertiary alicyclic amines) is 1. The van der Waals surface area contributed by atoms with Gasteiger partial charge in [0.05, 0.1) is 13.0 Å². The minimum absolute atomic E-state index is 0.00719. The molecule has 2 heterocycles. The van der Waals surface area contributed by atoms with Gasteiger partial charge in [-0.15, -0.1) is 0 Å². The van der Waals surface area contributed by atoms with Crippen LogP contribution >= 0.6 is 0 Å². The molecule has 1 aromatic heterocycles. The average Bonchev–Trinajstić information content (AvgIpc) is 3.32. The van der Waals surface area contributed by atoms with Crippen molar-refractivity contribution in [3.63, 3.8) is 0 Å². The number of carbonyl (C=O) groups excluding carboxylic acids is 2. The first-order valence-corrected chi connectivity index (χ1v) is 10.7. The number of amides is 1. The van der Waals surface area contributed by atoms with Crippen LogP contribution in [0.2, 0.25) is 0 Å². The lowest BCUT2D eigenvalue weighted by atomic mass is 9.96. The van der Waals surface area contributed by atoms with Gasteiger partial charge in [-0.1, -0.05) is 32.9 Å². The Labute approximate surface area is 174 Å². The predicted octanol–water partition coefficient (Wildman–Crippen LogP) is 2.57. The van der Waals surface area contributed by atoms with E-state index in [1.54, 1.807) is 11.8 Å². The lowest BCUT2D eigenvalue weighted by molar-refractivity contribution is -0.144. The van der Waals surface area contributed by atoms with Crippen molar-refractivity contribution in [1.82, 2.24) is 19.9 Å². The first-order chi connectivity index (χ1) is 13.7. The summed E-state index contributed by atoms with van der Waals surface area (Å²) in [5.41, 5.74) is -0.191. The van der Waals surface area contributed by atoms with E-state index in [2.05, 4.69) is 22.0 Å². The van der Waals surface area contributed by atoms with Gasteiger partial charge in [0.25, 0.3) is 0 Å². The molecule has 1 aliphatic heterocycles. The molecular formula is C21H36N4O4. The van der Waals surface area contributed by atoms with Gasteiger partial charge in [-0.25, -0.2) is 0 Å². The molecule has 1 fully saturated rings. The quantitative estimate of drug-likeness (QED) is 0.550. The highest BCUT2D eigenvalue weighted by Crippen LogP contribution is 2.20. The molecule has 0 bridgehead atoms. The second-order valence-corrected chi connectivity index (χ2v) is 8.58. The third-order valence-corrected chi connectivity index (χ3v) is 5.27. The first kappa shape index (κ1) is 23.3. The number of likely N-dealkylation sites (N-methyl/N-ethyl adjacent to an activating group) is 1. The highest BCUT2D eigenvalue weighted by atomic mass is 16.5. The molecule has 1 saturated heterocycles. The summed E-state index contributed by atoms with van der Waals surface area (Å²) in [5.74, 6) is 0.858. The van der Waals surface area contributed by atoms with Crippen LogP contribution in [0.4, 0.5) is 0 Å². The molecule has 0 aromatic carbocycles. The van der Waals surface area contributed by atoms with E-state index >= 15 is 0 Å². The molecule has 0 saturated carbocycles. The SMILES string of the molecule is CCOC(=O)CCN(C[C@H]1CCCN1CC)C(=O)CCc1nc(C(C)(C)C)no1. The number of carbonyl (C=O) groups is 2. The fourth-order valence-corrected chi connectivity index (χ4v) is 3.58. The monoisotopic (exact) mass is 408 g/mol. The van der Waals surface area contributed by atoms with Crippen molar-refractivity contribution in [2.45, 2.75) is 78.2 Å². The summed E-state index contributed by atoms with van der Waals surface area (Å²) in [6, 6.07) is 0.349. The topological polar surface area (TPSA) is 88.8 Å². The van der Waals surface area contributed by atoms with Crippen LogP contribution in [0, 0.1) is 0 Å². The van der Waals surface area contributed by atoms with E-state index in [4.69, 9.17) is 9.26 Å². The minimum Gasteiger partial charge on any atom is -0.466 e. The standard InChI is InChI=1S/C21H36N4O4/c1-6-24-13-8-9-16(24)15-25(14-12-19(27)28-7-2)18(26)11-10-17-22-20(23-29-17)21(3,4)5/h16H,6-15H2,1-5H3/t16-/m1/s1. The van der Waals surface area contributed by atoms with Crippen LogP contribution < -0.4 is 0 Å². The van der Waals surface area contributed by atoms with Crippen LogP contribution in [0.15, 0.2) is 4.52 Å². The van der Waals surface area contributed by atoms with Gasteiger partial charge < -0.3 is 14.2 Å². The maximum atomic E-state index is 12.9. The summed E-state index contributed by atoms with van der Waals surface area (Å²) in [7, 11) is 0. The molecule has 0 radical (unpaired) electrons. The van der Waals surface area contributed by atoms with E-state index in [9.17, 15) is 9.59 Å². The van der Waals surface area contributed by atoms with Crippen LogP contribution in [0.25, 0.3) is 0 Å². The predicted molar refractivity (Wildman–Crippen MR) is 109 cm³/mol. The zero-order valence-corrected chi connectivity index (χ0v) is 18.6. The zero-order chi connectivity index (χ0) is 21.4. The molecule has 2 rings (SSSR count). The molecule has 0 unspecified atom stereocenters. The maximum absolute atomic E-state index is 12.9. The van der Waals surface area contributed by atoms with Crippen LogP contribution in [0.5, 0.6) is 0 Å². The van der Waals surface area contributed by atoms with Crippen molar-refractivity contribution in [3.05, 3.63) is 11.7 Å². The highest BCUT2D eigenvalue weighted by Gasteiger charge is 2.28. The van der Waals surface area contributed by atoms with E-state index in [0.29, 0.717) is 43.9 Å². The van der Waals surface area contributed by atoms with E-state index < -0.39 is 0 Å². The van der Waals surface area contributed by atoms with Gasteiger partial charge in [0.15, 0.2) is 5.82 Å². The van der Waals surface area contributed by atoms with Crippen molar-refractivity contribution in [2.24, 2.45) is 0 Å². The van der Waals surface area contributed by atoms with Crippen molar-refractivity contribution >= 4 is 11.9 Å². The summed E-state index contributed by atoms with van der Waals surface area (Å²) in [6.07, 6.45) is 3.13. The first-order valence-electron chi connectivity index (χ1n) is 10.7. The number of aromatic nitrogens is 2. The van der Waals surface area contributed by atoms with E-state index in [0.717, 1.165) is 25.9 Å². The normalized spacial score (nSPS) is 17.5. The Morgan fingerprint density at radius 3 is 2.66 bits per heavy atom. The molecular weight excluding hydrogens is 372 g/mol. The fraction of sp³-hybridized carbons (Fsp3) is 0.810. The van der Waals surface area contributed by atoms with Crippen molar-refractivity contribution in [2.75, 3.05) is 32.8 Å². The third kappa shape index (κ3) is 7.10. The van der Waals surface area contributed by atoms with Crippen molar-refractivity contribution in [1.29, 1.82) is 0 Å². The molecule has 0 N–H and O–H groups in total. The molecule has 1 atom stereocenters. The number of hydrogen-bond donors (Lipinski definition) is 0. The molecule has 0 aliphatic carbocycles. The Balaban J connectivity index is 1.97. The summed E-state index contributed by atoms with van der Waals surface area (Å²) < 4.78 is 10.3. The van der Waals surface area contributed by atoms with Gasteiger partial charge in [0.1, 0.15) is 0 Å². The molecule has 8 heteroatoms. The third-order valence-electron chi connectivity index (χ3n) is 5.27.